The highest BCUT2D eigenvalue weighted by atomic mass is 16.5. The number of rotatable bonds is 12. The molecule has 1 aromatic carbocycles. The van der Waals surface area contributed by atoms with Gasteiger partial charge in [0.2, 0.25) is 5.91 Å². The Bertz CT molecular complexity index is 1770. The molecule has 4 fully saturated rings. The van der Waals surface area contributed by atoms with Crippen molar-refractivity contribution in [2.75, 3.05) is 27.2 Å². The van der Waals surface area contributed by atoms with Gasteiger partial charge in [0.1, 0.15) is 6.10 Å². The van der Waals surface area contributed by atoms with Crippen molar-refractivity contribution in [1.29, 1.82) is 0 Å². The van der Waals surface area contributed by atoms with E-state index >= 15 is 0 Å². The molecule has 0 saturated heterocycles. The molecule has 316 valence electrons. The Morgan fingerprint density at radius 3 is 2.18 bits per heavy atom. The average molecular weight is 789 g/mol. The van der Waals surface area contributed by atoms with Crippen molar-refractivity contribution in [2.24, 2.45) is 56.2 Å². The largest absolute Gasteiger partial charge is 0.481 e. The SMILES string of the molecule is CC(C)C1=C2[C@H]3CC[C@@H]4[C@@]5(C)CC[C@H](OC(=O)CC(C)(C)C(=O)O)C(C)(C)[C@@H]5CC[C@@]4(C)[C@]3(C)CC[C@@]2([C@@H](O)CN(CC(=O)N(C)C)Cc2ccccc2)CC1=O. The minimum absolute atomic E-state index is 0.00157. The summed E-state index contributed by atoms with van der Waals surface area (Å²) in [4.78, 5) is 56.0. The number of hydrogen-bond donors (Lipinski definition) is 2. The molecule has 5 aliphatic rings. The summed E-state index contributed by atoms with van der Waals surface area (Å²) in [6, 6.07) is 10.1. The molecule has 0 bridgehead atoms. The Morgan fingerprint density at radius 1 is 0.895 bits per heavy atom. The number of hydrogen-bond acceptors (Lipinski definition) is 7. The lowest BCUT2D eigenvalue weighted by Crippen LogP contribution is -2.66. The Kier molecular flexibility index (Phi) is 11.6. The average Bonchev–Trinajstić information content (AvgIpc) is 3.43. The van der Waals surface area contributed by atoms with E-state index < -0.39 is 28.9 Å². The van der Waals surface area contributed by atoms with Crippen molar-refractivity contribution in [3.63, 3.8) is 0 Å². The summed E-state index contributed by atoms with van der Waals surface area (Å²) < 4.78 is 6.18. The van der Waals surface area contributed by atoms with Gasteiger partial charge in [0.25, 0.3) is 0 Å². The molecule has 4 saturated carbocycles. The highest BCUT2D eigenvalue weighted by molar-refractivity contribution is 6.00. The molecule has 6 rings (SSSR count). The Morgan fingerprint density at radius 2 is 1.56 bits per heavy atom. The summed E-state index contributed by atoms with van der Waals surface area (Å²) >= 11 is 0. The topological polar surface area (TPSA) is 124 Å². The van der Waals surface area contributed by atoms with Crippen LogP contribution < -0.4 is 0 Å². The van der Waals surface area contributed by atoms with Crippen LogP contribution in [-0.4, -0.2) is 83.0 Å². The smallest absolute Gasteiger partial charge is 0.309 e. The molecule has 9 atom stereocenters. The number of amides is 1. The number of carbonyl (C=O) groups excluding carboxylic acids is 3. The second kappa shape index (κ2) is 15.2. The van der Waals surface area contributed by atoms with Gasteiger partial charge in [-0.3, -0.25) is 24.1 Å². The lowest BCUT2D eigenvalue weighted by molar-refractivity contribution is -0.235. The number of fused-ring (bicyclic) bond motifs is 7. The summed E-state index contributed by atoms with van der Waals surface area (Å²) in [7, 11) is 3.53. The predicted molar refractivity (Wildman–Crippen MR) is 222 cm³/mol. The predicted octanol–water partition coefficient (Wildman–Crippen LogP) is 8.33. The fourth-order valence-electron chi connectivity index (χ4n) is 13.7. The fourth-order valence-corrected chi connectivity index (χ4v) is 13.7. The van der Waals surface area contributed by atoms with Gasteiger partial charge < -0.3 is 19.8 Å². The first-order chi connectivity index (χ1) is 26.4. The van der Waals surface area contributed by atoms with Crippen LogP contribution in [0.1, 0.15) is 132 Å². The zero-order valence-corrected chi connectivity index (χ0v) is 36.9. The van der Waals surface area contributed by atoms with Crippen LogP contribution in [0.15, 0.2) is 41.5 Å². The number of carboxylic acid groups (broad SMARTS) is 1. The molecule has 9 nitrogen and oxygen atoms in total. The van der Waals surface area contributed by atoms with E-state index in [1.54, 1.807) is 32.8 Å². The Balaban J connectivity index is 1.30. The van der Waals surface area contributed by atoms with Crippen LogP contribution in [0.3, 0.4) is 0 Å². The van der Waals surface area contributed by atoms with E-state index in [4.69, 9.17) is 4.74 Å². The van der Waals surface area contributed by atoms with Crippen LogP contribution in [0.2, 0.25) is 0 Å². The quantitative estimate of drug-likeness (QED) is 0.203. The van der Waals surface area contributed by atoms with Gasteiger partial charge in [-0.05, 0) is 116 Å². The number of esters is 1. The van der Waals surface area contributed by atoms with Crippen LogP contribution in [0.25, 0.3) is 0 Å². The maximum Gasteiger partial charge on any atom is 0.309 e. The van der Waals surface area contributed by atoms with Crippen LogP contribution in [0.5, 0.6) is 0 Å². The van der Waals surface area contributed by atoms with E-state index in [2.05, 4.69) is 65.5 Å². The molecule has 2 N–H and O–H groups in total. The van der Waals surface area contributed by atoms with Crippen molar-refractivity contribution >= 4 is 23.6 Å². The second-order valence-corrected chi connectivity index (χ2v) is 21.5. The lowest BCUT2D eigenvalue weighted by atomic mass is 9.33. The number of Topliss-reactive ketones (excluding diaryl/α,β-unsaturated/α-hetero) is 1. The number of benzene rings is 1. The third-order valence-corrected chi connectivity index (χ3v) is 17.0. The van der Waals surface area contributed by atoms with Crippen molar-refractivity contribution in [1.82, 2.24) is 9.80 Å². The molecule has 0 heterocycles. The van der Waals surface area contributed by atoms with Crippen LogP contribution >= 0.6 is 0 Å². The van der Waals surface area contributed by atoms with Gasteiger partial charge in [-0.1, -0.05) is 84.4 Å². The van der Waals surface area contributed by atoms with Gasteiger partial charge in [0.15, 0.2) is 5.78 Å². The monoisotopic (exact) mass is 789 g/mol. The van der Waals surface area contributed by atoms with E-state index in [0.29, 0.717) is 31.3 Å². The summed E-state index contributed by atoms with van der Waals surface area (Å²) in [5.74, 6) is -0.238. The van der Waals surface area contributed by atoms with E-state index in [9.17, 15) is 29.4 Å². The number of carbonyl (C=O) groups is 4. The molecular formula is C48H72N2O7. The highest BCUT2D eigenvalue weighted by Crippen LogP contribution is 2.77. The number of ketones is 1. The van der Waals surface area contributed by atoms with Crippen molar-refractivity contribution in [3.8, 4) is 0 Å². The lowest BCUT2D eigenvalue weighted by Gasteiger charge is -2.72. The molecule has 0 spiro atoms. The van der Waals surface area contributed by atoms with Crippen LogP contribution in [0, 0.1) is 56.2 Å². The first-order valence-corrected chi connectivity index (χ1v) is 21.8. The molecule has 0 unspecified atom stereocenters. The summed E-state index contributed by atoms with van der Waals surface area (Å²) in [6.45, 7) is 20.6. The fraction of sp³-hybridized carbons (Fsp3) is 0.750. The zero-order valence-electron chi connectivity index (χ0n) is 36.9. The Labute approximate surface area is 342 Å². The molecule has 9 heteroatoms. The summed E-state index contributed by atoms with van der Waals surface area (Å²) in [5.41, 5.74) is 1.11. The van der Waals surface area contributed by atoms with E-state index in [-0.39, 0.29) is 64.3 Å². The van der Waals surface area contributed by atoms with Gasteiger partial charge in [-0.15, -0.1) is 0 Å². The second-order valence-electron chi connectivity index (χ2n) is 21.5. The number of likely N-dealkylation sites (N-methyl/N-ethyl adjacent to an activating group) is 1. The number of carboxylic acids is 1. The molecule has 0 aromatic heterocycles. The third kappa shape index (κ3) is 7.23. The molecule has 1 amide bonds. The van der Waals surface area contributed by atoms with Crippen molar-refractivity contribution in [2.45, 2.75) is 145 Å². The van der Waals surface area contributed by atoms with Crippen LogP contribution in [-0.2, 0) is 30.5 Å². The van der Waals surface area contributed by atoms with Gasteiger partial charge in [-0.25, -0.2) is 0 Å². The molecule has 57 heavy (non-hydrogen) atoms. The van der Waals surface area contributed by atoms with Gasteiger partial charge >= 0.3 is 11.9 Å². The molecule has 0 radical (unpaired) electrons. The molecular weight excluding hydrogens is 717 g/mol. The van der Waals surface area contributed by atoms with Crippen LogP contribution in [0.4, 0.5) is 0 Å². The van der Waals surface area contributed by atoms with Crippen molar-refractivity contribution in [3.05, 3.63) is 47.0 Å². The standard InChI is InChI=1S/C48H72N2O7/c1-30(2)40-33(51)25-48(36(52)28-50(29-38(53)49(10)11)27-31-15-13-12-14-16-31)24-23-46(8)32(41(40)48)17-18-35-45(7)21-20-37(57-39(54)26-43(3,4)42(55)56)44(5,6)34(45)19-22-47(35,46)9/h12-16,30,32,34-37,52H,17-29H2,1-11H3,(H,55,56)/t32-,34+,35-,36+,37+,45+,46-,47-,48+/m1/s1. The summed E-state index contributed by atoms with van der Waals surface area (Å²) in [6.07, 6.45) is 6.60. The number of aliphatic carboxylic acids is 1. The van der Waals surface area contributed by atoms with Gasteiger partial charge in [0, 0.05) is 44.4 Å². The number of nitrogens with zero attached hydrogens (tertiary/aromatic N) is 2. The normalized spacial score (nSPS) is 35.2. The third-order valence-electron chi connectivity index (χ3n) is 17.0. The van der Waals surface area contributed by atoms with E-state index in [0.717, 1.165) is 62.5 Å². The minimum atomic E-state index is -1.18. The van der Waals surface area contributed by atoms with Gasteiger partial charge in [-0.2, -0.15) is 0 Å². The van der Waals surface area contributed by atoms with Crippen molar-refractivity contribution < 1.29 is 34.1 Å². The molecule has 5 aliphatic carbocycles. The van der Waals surface area contributed by atoms with E-state index in [1.165, 1.54) is 5.57 Å². The maximum atomic E-state index is 14.3. The minimum Gasteiger partial charge on any atom is -0.481 e. The summed E-state index contributed by atoms with van der Waals surface area (Å²) in [5, 5.41) is 22.3. The Hall–Kier alpha value is -3.04. The molecule has 1 aromatic rings. The number of aliphatic hydroxyl groups excluding tert-OH is 1. The number of allylic oxidation sites excluding steroid dienone is 1. The number of aliphatic hydroxyl groups is 1. The first-order valence-electron chi connectivity index (χ1n) is 21.8. The van der Waals surface area contributed by atoms with Gasteiger partial charge in [0.05, 0.1) is 24.5 Å². The maximum absolute atomic E-state index is 14.3. The van der Waals surface area contributed by atoms with E-state index in [1.807, 2.05) is 18.2 Å². The highest BCUT2D eigenvalue weighted by Gasteiger charge is 2.71. The zero-order chi connectivity index (χ0) is 42.1. The first kappa shape index (κ1) is 43.5. The molecule has 0 aliphatic heterocycles. The number of ether oxygens (including phenoxy) is 1.